The molecule has 1 N–H and O–H groups in total. The highest BCUT2D eigenvalue weighted by Gasteiger charge is 2.24. The van der Waals surface area contributed by atoms with E-state index in [0.717, 1.165) is 25.3 Å². The van der Waals surface area contributed by atoms with Crippen LogP contribution in [-0.4, -0.2) is 24.6 Å². The zero-order valence-electron chi connectivity index (χ0n) is 12.2. The number of nitro groups is 1. The molecule has 1 aliphatic rings. The lowest BCUT2D eigenvalue weighted by Crippen LogP contribution is -2.28. The van der Waals surface area contributed by atoms with E-state index < -0.39 is 0 Å². The number of nitro benzene ring substituents is 1. The number of para-hydroxylation sites is 1. The molecule has 108 valence electrons. The first kappa shape index (κ1) is 14.4. The number of hydrogen-bond donors (Lipinski definition) is 1. The van der Waals surface area contributed by atoms with Gasteiger partial charge in [0, 0.05) is 25.7 Å². The van der Waals surface area contributed by atoms with Crippen LogP contribution in [0.4, 0.5) is 17.1 Å². The summed E-state index contributed by atoms with van der Waals surface area (Å²) < 4.78 is 0. The number of allylic oxidation sites excluding steroid dienone is 1. The second kappa shape index (κ2) is 5.94. The molecule has 0 bridgehead atoms. The Morgan fingerprint density at radius 1 is 1.55 bits per heavy atom. The predicted molar refractivity (Wildman–Crippen MR) is 82.4 cm³/mol. The number of nitrogens with zero attached hydrogens (tertiary/aromatic N) is 2. The predicted octanol–water partition coefficient (Wildman–Crippen LogP) is 3.43. The molecule has 0 saturated carbocycles. The summed E-state index contributed by atoms with van der Waals surface area (Å²) in [7, 11) is 0. The lowest BCUT2D eigenvalue weighted by molar-refractivity contribution is -0.383. The number of hydrogen-bond acceptors (Lipinski definition) is 4. The largest absolute Gasteiger partial charge is 0.377 e. The van der Waals surface area contributed by atoms with E-state index in [-0.39, 0.29) is 10.6 Å². The molecule has 1 heterocycles. The van der Waals surface area contributed by atoms with Crippen LogP contribution in [0.5, 0.6) is 0 Å². The second-order valence-corrected chi connectivity index (χ2v) is 5.60. The molecule has 1 aromatic rings. The molecular weight excluding hydrogens is 254 g/mol. The minimum absolute atomic E-state index is 0.152. The Morgan fingerprint density at radius 3 is 2.95 bits per heavy atom. The molecule has 0 aliphatic carbocycles. The van der Waals surface area contributed by atoms with Gasteiger partial charge in [0.1, 0.15) is 5.69 Å². The molecule has 20 heavy (non-hydrogen) atoms. The van der Waals surface area contributed by atoms with Gasteiger partial charge < -0.3 is 10.2 Å². The van der Waals surface area contributed by atoms with Crippen LogP contribution in [0.3, 0.4) is 0 Å². The highest BCUT2D eigenvalue weighted by atomic mass is 16.6. The van der Waals surface area contributed by atoms with Crippen molar-refractivity contribution >= 4 is 17.1 Å². The van der Waals surface area contributed by atoms with Crippen molar-refractivity contribution in [3.63, 3.8) is 0 Å². The SMILES string of the molecule is CC(C)=CCN1CC(C)CNc2c1cccc2[N+](=O)[O-]. The third kappa shape index (κ3) is 3.10. The van der Waals surface area contributed by atoms with Gasteiger partial charge >= 0.3 is 0 Å². The van der Waals surface area contributed by atoms with Crippen molar-refractivity contribution in [2.24, 2.45) is 5.92 Å². The minimum atomic E-state index is -0.319. The maximum atomic E-state index is 11.2. The van der Waals surface area contributed by atoms with Gasteiger partial charge in [-0.3, -0.25) is 10.1 Å². The van der Waals surface area contributed by atoms with Gasteiger partial charge in [0.05, 0.1) is 10.6 Å². The van der Waals surface area contributed by atoms with Crippen LogP contribution in [0, 0.1) is 16.0 Å². The first-order valence-electron chi connectivity index (χ1n) is 6.88. The van der Waals surface area contributed by atoms with Gasteiger partial charge in [-0.05, 0) is 25.8 Å². The Bertz CT molecular complexity index is 536. The van der Waals surface area contributed by atoms with Gasteiger partial charge in [0.15, 0.2) is 0 Å². The zero-order chi connectivity index (χ0) is 14.7. The van der Waals surface area contributed by atoms with Gasteiger partial charge in [-0.2, -0.15) is 0 Å². The van der Waals surface area contributed by atoms with Crippen LogP contribution < -0.4 is 10.2 Å². The number of fused-ring (bicyclic) bond motifs is 1. The lowest BCUT2D eigenvalue weighted by Gasteiger charge is -2.24. The van der Waals surface area contributed by atoms with E-state index in [4.69, 9.17) is 0 Å². The summed E-state index contributed by atoms with van der Waals surface area (Å²) in [6.45, 7) is 8.71. The summed E-state index contributed by atoms with van der Waals surface area (Å²) in [5.74, 6) is 0.438. The van der Waals surface area contributed by atoms with Crippen LogP contribution in [0.15, 0.2) is 29.8 Å². The summed E-state index contributed by atoms with van der Waals surface area (Å²) >= 11 is 0. The molecule has 0 amide bonds. The molecule has 0 aromatic heterocycles. The first-order chi connectivity index (χ1) is 9.49. The molecule has 0 radical (unpaired) electrons. The van der Waals surface area contributed by atoms with E-state index >= 15 is 0 Å². The first-order valence-corrected chi connectivity index (χ1v) is 6.88. The van der Waals surface area contributed by atoms with E-state index in [1.165, 1.54) is 5.57 Å². The number of nitrogens with one attached hydrogen (secondary N) is 1. The maximum Gasteiger partial charge on any atom is 0.294 e. The normalized spacial score (nSPS) is 17.8. The van der Waals surface area contributed by atoms with E-state index in [9.17, 15) is 10.1 Å². The van der Waals surface area contributed by atoms with E-state index in [1.54, 1.807) is 12.1 Å². The molecule has 5 heteroatoms. The molecular formula is C15H21N3O2. The third-order valence-electron chi connectivity index (χ3n) is 3.44. The molecule has 1 aromatic carbocycles. The van der Waals surface area contributed by atoms with Crippen molar-refractivity contribution in [3.8, 4) is 0 Å². The smallest absolute Gasteiger partial charge is 0.294 e. The van der Waals surface area contributed by atoms with Crippen LogP contribution in [0.25, 0.3) is 0 Å². The monoisotopic (exact) mass is 275 g/mol. The fourth-order valence-corrected chi connectivity index (χ4v) is 2.41. The average molecular weight is 275 g/mol. The Kier molecular flexibility index (Phi) is 4.27. The number of rotatable bonds is 3. The van der Waals surface area contributed by atoms with Gasteiger partial charge in [-0.25, -0.2) is 0 Å². The van der Waals surface area contributed by atoms with E-state index in [1.807, 2.05) is 6.07 Å². The molecule has 1 unspecified atom stereocenters. The number of benzene rings is 1. The second-order valence-electron chi connectivity index (χ2n) is 5.60. The summed E-state index contributed by atoms with van der Waals surface area (Å²) in [6.07, 6.45) is 2.15. The zero-order valence-corrected chi connectivity index (χ0v) is 12.2. The quantitative estimate of drug-likeness (QED) is 0.521. The maximum absolute atomic E-state index is 11.2. The highest BCUT2D eigenvalue weighted by Crippen LogP contribution is 2.37. The molecule has 1 atom stereocenters. The van der Waals surface area contributed by atoms with Crippen LogP contribution in [0.1, 0.15) is 20.8 Å². The average Bonchev–Trinajstić information content (AvgIpc) is 2.55. The van der Waals surface area contributed by atoms with Gasteiger partial charge in [-0.15, -0.1) is 0 Å². The summed E-state index contributed by atoms with van der Waals surface area (Å²) in [6, 6.07) is 5.26. The van der Waals surface area contributed by atoms with Crippen molar-refractivity contribution in [2.45, 2.75) is 20.8 Å². The molecule has 5 nitrogen and oxygen atoms in total. The Morgan fingerprint density at radius 2 is 2.30 bits per heavy atom. The van der Waals surface area contributed by atoms with Gasteiger partial charge in [0.25, 0.3) is 5.69 Å². The fraction of sp³-hybridized carbons (Fsp3) is 0.467. The summed E-state index contributed by atoms with van der Waals surface area (Å²) in [5, 5.41) is 14.4. The lowest BCUT2D eigenvalue weighted by atomic mass is 10.1. The van der Waals surface area contributed by atoms with Crippen LogP contribution in [-0.2, 0) is 0 Å². The minimum Gasteiger partial charge on any atom is -0.377 e. The molecule has 1 aliphatic heterocycles. The van der Waals surface area contributed by atoms with Crippen molar-refractivity contribution in [2.75, 3.05) is 29.9 Å². The topological polar surface area (TPSA) is 58.4 Å². The summed E-state index contributed by atoms with van der Waals surface area (Å²) in [4.78, 5) is 13.1. The van der Waals surface area contributed by atoms with E-state index in [2.05, 4.69) is 37.1 Å². The van der Waals surface area contributed by atoms with Crippen molar-refractivity contribution in [3.05, 3.63) is 40.0 Å². The summed E-state index contributed by atoms with van der Waals surface area (Å²) in [5.41, 5.74) is 2.96. The van der Waals surface area contributed by atoms with Crippen LogP contribution >= 0.6 is 0 Å². The highest BCUT2D eigenvalue weighted by molar-refractivity contribution is 5.80. The van der Waals surface area contributed by atoms with Crippen molar-refractivity contribution < 1.29 is 4.92 Å². The van der Waals surface area contributed by atoms with Crippen LogP contribution in [0.2, 0.25) is 0 Å². The Labute approximate surface area is 119 Å². The molecule has 0 fully saturated rings. The Hall–Kier alpha value is -2.04. The third-order valence-corrected chi connectivity index (χ3v) is 3.44. The Balaban J connectivity index is 2.43. The number of anilines is 2. The molecule has 0 saturated heterocycles. The van der Waals surface area contributed by atoms with Gasteiger partial charge in [-0.1, -0.05) is 24.6 Å². The van der Waals surface area contributed by atoms with Crippen molar-refractivity contribution in [1.29, 1.82) is 0 Å². The standard InChI is InChI=1S/C15H21N3O2/c1-11(2)7-8-17-10-12(3)9-16-15-13(17)5-4-6-14(15)18(19)20/h4-7,12,16H,8-10H2,1-3H3. The van der Waals surface area contributed by atoms with Gasteiger partial charge in [0.2, 0.25) is 0 Å². The van der Waals surface area contributed by atoms with Crippen molar-refractivity contribution in [1.82, 2.24) is 0 Å². The molecule has 0 spiro atoms. The molecule has 2 rings (SSSR count). The van der Waals surface area contributed by atoms with E-state index in [0.29, 0.717) is 11.6 Å². The fourth-order valence-electron chi connectivity index (χ4n) is 2.41.